The Kier molecular flexibility index (Phi) is 6.89. The summed E-state index contributed by atoms with van der Waals surface area (Å²) in [6, 6.07) is -0.619. The Labute approximate surface area is 201 Å². The maximum Gasteiger partial charge on any atom is 0.317 e. The van der Waals surface area contributed by atoms with E-state index in [0.29, 0.717) is 19.5 Å². The Bertz CT molecular complexity index is 902. The molecule has 1 aliphatic carbocycles. The number of amides is 5. The molecule has 10 nitrogen and oxygen atoms in total. The van der Waals surface area contributed by atoms with Gasteiger partial charge in [0.1, 0.15) is 18.1 Å². The molecule has 5 amide bonds. The third kappa shape index (κ3) is 4.84. The molecular weight excluding hydrogens is 436 g/mol. The molecule has 0 aromatic carbocycles. The van der Waals surface area contributed by atoms with Gasteiger partial charge in [0.15, 0.2) is 0 Å². The fraction of sp³-hybridized carbons (Fsp3) is 0.792. The molecule has 0 bridgehead atoms. The van der Waals surface area contributed by atoms with Crippen LogP contribution in [0.3, 0.4) is 0 Å². The van der Waals surface area contributed by atoms with Gasteiger partial charge in [0, 0.05) is 33.1 Å². The van der Waals surface area contributed by atoms with Crippen LogP contribution < -0.4 is 16.0 Å². The molecule has 1 saturated carbocycles. The summed E-state index contributed by atoms with van der Waals surface area (Å²) in [4.78, 5) is 54.4. The Balaban J connectivity index is 1.79. The predicted molar refractivity (Wildman–Crippen MR) is 125 cm³/mol. The Morgan fingerprint density at radius 2 is 1.91 bits per heavy atom. The minimum Gasteiger partial charge on any atom is -0.356 e. The lowest BCUT2D eigenvalue weighted by Crippen LogP contribution is -2.60. The fourth-order valence-electron chi connectivity index (χ4n) is 5.44. The molecule has 34 heavy (non-hydrogen) atoms. The zero-order chi connectivity index (χ0) is 25.6. The second-order valence-electron chi connectivity index (χ2n) is 11.7. The lowest BCUT2D eigenvalue weighted by atomic mass is 9.85. The lowest BCUT2D eigenvalue weighted by molar-refractivity contribution is -0.143. The second-order valence-corrected chi connectivity index (χ2v) is 11.7. The number of likely N-dealkylation sites (tertiary alicyclic amines) is 1. The SMILES string of the molecule is CN(C)C(=O)NC(C(=O)N1C[C@H]2[C@@H]([C@H]1C(=O)N[C@H](C#N)CC1CCNC1=O)C2(C)C)C(C)(C)C. The van der Waals surface area contributed by atoms with Crippen molar-refractivity contribution in [2.75, 3.05) is 27.2 Å². The quantitative estimate of drug-likeness (QED) is 0.521. The van der Waals surface area contributed by atoms with Gasteiger partial charge in [-0.3, -0.25) is 14.4 Å². The summed E-state index contributed by atoms with van der Waals surface area (Å²) in [5.74, 6) is -0.908. The van der Waals surface area contributed by atoms with Crippen molar-refractivity contribution >= 4 is 23.8 Å². The Morgan fingerprint density at radius 3 is 2.41 bits per heavy atom. The molecule has 0 spiro atoms. The number of fused-ring (bicyclic) bond motifs is 1. The van der Waals surface area contributed by atoms with Crippen LogP contribution in [0, 0.1) is 39.9 Å². The molecule has 2 heterocycles. The third-order valence-electron chi connectivity index (χ3n) is 7.70. The first-order valence-corrected chi connectivity index (χ1v) is 12.0. The van der Waals surface area contributed by atoms with Crippen molar-refractivity contribution in [1.82, 2.24) is 25.8 Å². The van der Waals surface area contributed by atoms with Gasteiger partial charge in [-0.25, -0.2) is 4.79 Å². The van der Waals surface area contributed by atoms with Crippen molar-refractivity contribution in [1.29, 1.82) is 5.26 Å². The Morgan fingerprint density at radius 1 is 1.26 bits per heavy atom. The van der Waals surface area contributed by atoms with Gasteiger partial charge < -0.3 is 25.8 Å². The van der Waals surface area contributed by atoms with Gasteiger partial charge in [-0.2, -0.15) is 5.26 Å². The highest BCUT2D eigenvalue weighted by atomic mass is 16.2. The minimum absolute atomic E-state index is 0.0178. The number of hydrogen-bond donors (Lipinski definition) is 3. The third-order valence-corrected chi connectivity index (χ3v) is 7.70. The molecule has 0 aromatic heterocycles. The summed E-state index contributed by atoms with van der Waals surface area (Å²) >= 11 is 0. The number of hydrogen-bond acceptors (Lipinski definition) is 5. The number of nitrogens with one attached hydrogen (secondary N) is 3. The zero-order valence-corrected chi connectivity index (χ0v) is 21.3. The largest absolute Gasteiger partial charge is 0.356 e. The smallest absolute Gasteiger partial charge is 0.317 e. The lowest BCUT2D eigenvalue weighted by Gasteiger charge is -2.38. The van der Waals surface area contributed by atoms with Crippen LogP contribution in [0.15, 0.2) is 0 Å². The Hall–Kier alpha value is -2.83. The van der Waals surface area contributed by atoms with Crippen LogP contribution in [0.2, 0.25) is 0 Å². The van der Waals surface area contributed by atoms with Crippen molar-refractivity contribution in [3.63, 3.8) is 0 Å². The van der Waals surface area contributed by atoms with Crippen molar-refractivity contribution < 1.29 is 19.2 Å². The average Bonchev–Trinajstić information content (AvgIpc) is 3.10. The van der Waals surface area contributed by atoms with Crippen LogP contribution in [0.1, 0.15) is 47.5 Å². The second kappa shape index (κ2) is 9.08. The summed E-state index contributed by atoms with van der Waals surface area (Å²) in [5.41, 5.74) is -0.659. The molecule has 3 N–H and O–H groups in total. The molecule has 0 aromatic rings. The van der Waals surface area contributed by atoms with Gasteiger partial charge >= 0.3 is 6.03 Å². The van der Waals surface area contributed by atoms with E-state index in [0.717, 1.165) is 0 Å². The fourth-order valence-corrected chi connectivity index (χ4v) is 5.44. The molecule has 3 fully saturated rings. The van der Waals surface area contributed by atoms with Crippen LogP contribution in [0.5, 0.6) is 0 Å². The van der Waals surface area contributed by atoms with Gasteiger partial charge in [0.25, 0.3) is 0 Å². The van der Waals surface area contributed by atoms with E-state index >= 15 is 0 Å². The van der Waals surface area contributed by atoms with E-state index < -0.39 is 23.5 Å². The van der Waals surface area contributed by atoms with Crippen LogP contribution in [-0.4, -0.2) is 78.9 Å². The summed E-state index contributed by atoms with van der Waals surface area (Å²) in [5, 5.41) is 18.0. The van der Waals surface area contributed by atoms with Crippen LogP contribution in [-0.2, 0) is 14.4 Å². The first kappa shape index (κ1) is 25.8. The molecule has 6 atom stereocenters. The van der Waals surface area contributed by atoms with E-state index in [2.05, 4.69) is 35.9 Å². The molecule has 3 aliphatic rings. The molecule has 0 radical (unpaired) electrons. The maximum absolute atomic E-state index is 13.7. The van der Waals surface area contributed by atoms with Gasteiger partial charge in [-0.15, -0.1) is 0 Å². The van der Waals surface area contributed by atoms with Gasteiger partial charge in [0.05, 0.1) is 6.07 Å². The number of nitriles is 1. The normalized spacial score (nSPS) is 28.8. The molecule has 2 aliphatic heterocycles. The predicted octanol–water partition coefficient (Wildman–Crippen LogP) is 0.690. The number of piperidine rings is 1. The molecule has 2 saturated heterocycles. The summed E-state index contributed by atoms with van der Waals surface area (Å²) < 4.78 is 0. The minimum atomic E-state index is -0.814. The first-order valence-electron chi connectivity index (χ1n) is 12.0. The maximum atomic E-state index is 13.7. The highest BCUT2D eigenvalue weighted by Gasteiger charge is 2.69. The van der Waals surface area contributed by atoms with E-state index in [4.69, 9.17) is 0 Å². The van der Waals surface area contributed by atoms with Crippen molar-refractivity contribution in [3.8, 4) is 6.07 Å². The monoisotopic (exact) mass is 474 g/mol. The summed E-state index contributed by atoms with van der Waals surface area (Å²) in [6.45, 7) is 10.8. The number of urea groups is 1. The van der Waals surface area contributed by atoms with Crippen molar-refractivity contribution in [3.05, 3.63) is 0 Å². The number of nitrogens with zero attached hydrogens (tertiary/aromatic N) is 3. The van der Waals surface area contributed by atoms with Crippen LogP contribution in [0.4, 0.5) is 4.79 Å². The molecule has 2 unspecified atom stereocenters. The number of carbonyl (C=O) groups excluding carboxylic acids is 4. The van der Waals surface area contributed by atoms with Crippen LogP contribution >= 0.6 is 0 Å². The molecule has 10 heteroatoms. The van der Waals surface area contributed by atoms with Gasteiger partial charge in [-0.05, 0) is 35.5 Å². The highest BCUT2D eigenvalue weighted by molar-refractivity contribution is 5.94. The van der Waals surface area contributed by atoms with Gasteiger partial charge in [-0.1, -0.05) is 34.6 Å². The number of rotatable bonds is 6. The molecular formula is C24H38N6O4. The summed E-state index contributed by atoms with van der Waals surface area (Å²) in [7, 11) is 3.21. The van der Waals surface area contributed by atoms with E-state index in [-0.39, 0.29) is 53.3 Å². The van der Waals surface area contributed by atoms with E-state index in [9.17, 15) is 24.4 Å². The first-order chi connectivity index (χ1) is 15.7. The molecule has 3 rings (SSSR count). The average molecular weight is 475 g/mol. The van der Waals surface area contributed by atoms with Crippen LogP contribution in [0.25, 0.3) is 0 Å². The topological polar surface area (TPSA) is 135 Å². The van der Waals surface area contributed by atoms with E-state index in [1.807, 2.05) is 20.8 Å². The number of carbonyl (C=O) groups is 4. The highest BCUT2D eigenvalue weighted by Crippen LogP contribution is 2.65. The summed E-state index contributed by atoms with van der Waals surface area (Å²) in [6.07, 6.45) is 0.882. The van der Waals surface area contributed by atoms with E-state index in [1.165, 1.54) is 4.90 Å². The zero-order valence-electron chi connectivity index (χ0n) is 21.3. The van der Waals surface area contributed by atoms with E-state index in [1.54, 1.807) is 19.0 Å². The van der Waals surface area contributed by atoms with Crippen molar-refractivity contribution in [2.24, 2.45) is 28.6 Å². The standard InChI is InChI=1S/C24H38N6O4/c1-23(2,3)18(28-22(34)29(6)7)21(33)30-12-15-16(24(15,4)5)17(30)20(32)27-14(11-25)10-13-8-9-26-19(13)31/h13-18H,8-10,12H2,1-7H3,(H,26,31)(H,27,32)(H,28,34)/t13?,14-,15-,16-,17-,18?/m0/s1. The van der Waals surface area contributed by atoms with Crippen molar-refractivity contribution in [2.45, 2.75) is 65.6 Å². The van der Waals surface area contributed by atoms with Gasteiger partial charge in [0.2, 0.25) is 17.7 Å². The molecule has 188 valence electrons.